The summed E-state index contributed by atoms with van der Waals surface area (Å²) >= 11 is 0. The van der Waals surface area contributed by atoms with Gasteiger partial charge in [-0.15, -0.1) is 0 Å². The molecule has 0 aromatic heterocycles. The number of amides is 1. The molecule has 1 amide bonds. The number of hydrogen-bond acceptors (Lipinski definition) is 3. The summed E-state index contributed by atoms with van der Waals surface area (Å²) in [6.45, 7) is 0. The zero-order chi connectivity index (χ0) is 19.1. The third kappa shape index (κ3) is 4.82. The summed E-state index contributed by atoms with van der Waals surface area (Å²) in [5.41, 5.74) is 1.54. The maximum absolute atomic E-state index is 12.6. The Labute approximate surface area is 158 Å². The quantitative estimate of drug-likeness (QED) is 0.671. The first kappa shape index (κ1) is 18.4. The fraction of sp³-hybridized carbons (Fsp3) is 0.130. The molecule has 1 atom stereocenters. The summed E-state index contributed by atoms with van der Waals surface area (Å²) in [4.78, 5) is 24.7. The van der Waals surface area contributed by atoms with Gasteiger partial charge in [0.25, 0.3) is 5.91 Å². The first-order valence-corrected chi connectivity index (χ1v) is 8.76. The van der Waals surface area contributed by atoms with E-state index in [1.54, 1.807) is 6.07 Å². The Kier molecular flexibility index (Phi) is 6.00. The number of nitrogens with one attached hydrogen (secondary N) is 1. The van der Waals surface area contributed by atoms with Gasteiger partial charge in [0.05, 0.1) is 7.11 Å². The standard InChI is InChI=1S/C23H21NO3/c1-27-23(26)21(13-7-10-17-8-3-2-4-9-17)24-22(25)20-15-14-18-11-5-6-12-19(18)16-20/h2-12,14-16,21H,13H2,1H3,(H,24,25)/b10-7+/t21-/m1/s1. The van der Waals surface area contributed by atoms with Gasteiger partial charge in [0.2, 0.25) is 0 Å². The van der Waals surface area contributed by atoms with Crippen molar-refractivity contribution in [1.82, 2.24) is 5.32 Å². The van der Waals surface area contributed by atoms with Gasteiger partial charge < -0.3 is 10.1 Å². The summed E-state index contributed by atoms with van der Waals surface area (Å²) in [5, 5.41) is 4.81. The molecule has 0 radical (unpaired) electrons. The fourth-order valence-corrected chi connectivity index (χ4v) is 2.83. The number of hydrogen-bond donors (Lipinski definition) is 1. The maximum atomic E-state index is 12.6. The second-order valence-electron chi connectivity index (χ2n) is 6.16. The van der Waals surface area contributed by atoms with E-state index in [1.165, 1.54) is 7.11 Å². The molecule has 4 nitrogen and oxygen atoms in total. The van der Waals surface area contributed by atoms with E-state index in [9.17, 15) is 9.59 Å². The van der Waals surface area contributed by atoms with Crippen LogP contribution in [0.3, 0.4) is 0 Å². The van der Waals surface area contributed by atoms with Crippen LogP contribution >= 0.6 is 0 Å². The zero-order valence-corrected chi connectivity index (χ0v) is 15.1. The number of rotatable bonds is 6. The van der Waals surface area contributed by atoms with Gasteiger partial charge in [-0.25, -0.2) is 4.79 Å². The van der Waals surface area contributed by atoms with Crippen molar-refractivity contribution in [3.63, 3.8) is 0 Å². The number of benzene rings is 3. The van der Waals surface area contributed by atoms with Crippen molar-refractivity contribution in [2.45, 2.75) is 12.5 Å². The summed E-state index contributed by atoms with van der Waals surface area (Å²) in [6.07, 6.45) is 4.12. The molecule has 3 aromatic rings. The number of carbonyl (C=O) groups excluding carboxylic acids is 2. The molecule has 4 heteroatoms. The normalized spacial score (nSPS) is 12.0. The van der Waals surface area contributed by atoms with Crippen LogP contribution in [0, 0.1) is 0 Å². The SMILES string of the molecule is COC(=O)[C@@H](C/C=C/c1ccccc1)NC(=O)c1ccc2ccccc2c1. The number of carbonyl (C=O) groups is 2. The molecule has 0 aliphatic carbocycles. The molecule has 27 heavy (non-hydrogen) atoms. The van der Waals surface area contributed by atoms with Crippen LogP contribution < -0.4 is 5.32 Å². The molecule has 0 saturated carbocycles. The first-order valence-electron chi connectivity index (χ1n) is 8.76. The first-order chi connectivity index (χ1) is 13.2. The number of esters is 1. The monoisotopic (exact) mass is 359 g/mol. The minimum absolute atomic E-state index is 0.302. The summed E-state index contributed by atoms with van der Waals surface area (Å²) in [6, 6.07) is 22.3. The Morgan fingerprint density at radius 2 is 1.67 bits per heavy atom. The minimum Gasteiger partial charge on any atom is -0.467 e. The van der Waals surface area contributed by atoms with Gasteiger partial charge in [-0.05, 0) is 34.9 Å². The highest BCUT2D eigenvalue weighted by Gasteiger charge is 2.21. The van der Waals surface area contributed by atoms with E-state index in [0.29, 0.717) is 12.0 Å². The van der Waals surface area contributed by atoms with Crippen molar-refractivity contribution >= 4 is 28.7 Å². The van der Waals surface area contributed by atoms with E-state index >= 15 is 0 Å². The molecular weight excluding hydrogens is 338 g/mol. The summed E-state index contributed by atoms with van der Waals surface area (Å²) < 4.78 is 4.83. The topological polar surface area (TPSA) is 55.4 Å². The molecule has 0 bridgehead atoms. The Balaban J connectivity index is 1.71. The van der Waals surface area contributed by atoms with Crippen LogP contribution in [0.4, 0.5) is 0 Å². The van der Waals surface area contributed by atoms with Crippen LogP contribution in [-0.4, -0.2) is 25.0 Å². The lowest BCUT2D eigenvalue weighted by Crippen LogP contribution is -2.41. The Bertz CT molecular complexity index is 964. The Morgan fingerprint density at radius 3 is 2.41 bits per heavy atom. The molecule has 136 valence electrons. The smallest absolute Gasteiger partial charge is 0.328 e. The lowest BCUT2D eigenvalue weighted by atomic mass is 10.1. The average molecular weight is 359 g/mol. The van der Waals surface area contributed by atoms with Crippen LogP contribution in [0.15, 0.2) is 78.9 Å². The largest absolute Gasteiger partial charge is 0.467 e. The van der Waals surface area contributed by atoms with Gasteiger partial charge >= 0.3 is 5.97 Å². The second-order valence-corrected chi connectivity index (χ2v) is 6.16. The number of fused-ring (bicyclic) bond motifs is 1. The predicted molar refractivity (Wildman–Crippen MR) is 107 cm³/mol. The van der Waals surface area contributed by atoms with Gasteiger partial charge in [-0.1, -0.05) is 72.8 Å². The molecule has 0 aliphatic rings. The van der Waals surface area contributed by atoms with Crippen molar-refractivity contribution in [2.24, 2.45) is 0 Å². The van der Waals surface area contributed by atoms with Crippen molar-refractivity contribution < 1.29 is 14.3 Å². The summed E-state index contributed by atoms with van der Waals surface area (Å²) in [7, 11) is 1.32. The predicted octanol–water partition coefficient (Wildman–Crippen LogP) is 4.21. The molecule has 1 N–H and O–H groups in total. The Hall–Kier alpha value is -3.40. The number of ether oxygens (including phenoxy) is 1. The highest BCUT2D eigenvalue weighted by Crippen LogP contribution is 2.16. The van der Waals surface area contributed by atoms with E-state index in [1.807, 2.05) is 78.9 Å². The molecule has 0 spiro atoms. The van der Waals surface area contributed by atoms with Crippen LogP contribution in [0.1, 0.15) is 22.3 Å². The van der Waals surface area contributed by atoms with Crippen LogP contribution in [-0.2, 0) is 9.53 Å². The minimum atomic E-state index is -0.742. The second kappa shape index (κ2) is 8.81. The molecule has 3 aromatic carbocycles. The molecule has 0 unspecified atom stereocenters. The van der Waals surface area contributed by atoms with Crippen LogP contribution in [0.5, 0.6) is 0 Å². The van der Waals surface area contributed by atoms with Crippen LogP contribution in [0.2, 0.25) is 0 Å². The zero-order valence-electron chi connectivity index (χ0n) is 15.1. The highest BCUT2D eigenvalue weighted by atomic mass is 16.5. The molecular formula is C23H21NO3. The molecule has 0 heterocycles. The van der Waals surface area contributed by atoms with Crippen LogP contribution in [0.25, 0.3) is 16.8 Å². The third-order valence-corrected chi connectivity index (χ3v) is 4.28. The van der Waals surface area contributed by atoms with Gasteiger partial charge in [0.1, 0.15) is 6.04 Å². The van der Waals surface area contributed by atoms with Gasteiger partial charge in [0, 0.05) is 5.56 Å². The van der Waals surface area contributed by atoms with Crippen molar-refractivity contribution in [2.75, 3.05) is 7.11 Å². The van der Waals surface area contributed by atoms with Crippen molar-refractivity contribution in [1.29, 1.82) is 0 Å². The van der Waals surface area contributed by atoms with E-state index in [0.717, 1.165) is 16.3 Å². The molecule has 0 fully saturated rings. The van der Waals surface area contributed by atoms with E-state index in [2.05, 4.69) is 5.32 Å². The summed E-state index contributed by atoms with van der Waals surface area (Å²) in [5.74, 6) is -0.772. The fourth-order valence-electron chi connectivity index (χ4n) is 2.83. The number of methoxy groups -OCH3 is 1. The molecule has 0 aliphatic heterocycles. The van der Waals surface area contributed by atoms with E-state index in [-0.39, 0.29) is 5.91 Å². The third-order valence-electron chi connectivity index (χ3n) is 4.28. The van der Waals surface area contributed by atoms with E-state index in [4.69, 9.17) is 4.74 Å². The van der Waals surface area contributed by atoms with Gasteiger partial charge in [0.15, 0.2) is 0 Å². The van der Waals surface area contributed by atoms with E-state index < -0.39 is 12.0 Å². The van der Waals surface area contributed by atoms with Gasteiger partial charge in [-0.2, -0.15) is 0 Å². The Morgan fingerprint density at radius 1 is 0.963 bits per heavy atom. The van der Waals surface area contributed by atoms with Crippen molar-refractivity contribution in [3.8, 4) is 0 Å². The van der Waals surface area contributed by atoms with Gasteiger partial charge in [-0.3, -0.25) is 4.79 Å². The molecule has 3 rings (SSSR count). The van der Waals surface area contributed by atoms with Crippen molar-refractivity contribution in [3.05, 3.63) is 90.0 Å². The molecule has 0 saturated heterocycles. The lowest BCUT2D eigenvalue weighted by molar-refractivity contribution is -0.142. The highest BCUT2D eigenvalue weighted by molar-refractivity contribution is 6.00. The average Bonchev–Trinajstić information content (AvgIpc) is 2.72. The maximum Gasteiger partial charge on any atom is 0.328 e. The lowest BCUT2D eigenvalue weighted by Gasteiger charge is -2.15.